The summed E-state index contributed by atoms with van der Waals surface area (Å²) in [6.45, 7) is 9.97. The Kier molecular flexibility index (Phi) is 5.20. The van der Waals surface area contributed by atoms with Crippen molar-refractivity contribution in [1.29, 1.82) is 0 Å². The fourth-order valence-corrected chi connectivity index (χ4v) is 2.94. The molecule has 0 spiro atoms. The molecule has 3 nitrogen and oxygen atoms in total. The summed E-state index contributed by atoms with van der Waals surface area (Å²) in [4.78, 5) is 7.03. The molecule has 1 fully saturated rings. The second kappa shape index (κ2) is 6.90. The van der Waals surface area contributed by atoms with Crippen molar-refractivity contribution in [2.24, 2.45) is 5.92 Å². The molecular formula is C16H27N3. The third-order valence-corrected chi connectivity index (χ3v) is 3.93. The molecule has 1 aromatic rings. The molecule has 3 heteroatoms. The van der Waals surface area contributed by atoms with Gasteiger partial charge in [0.05, 0.1) is 5.69 Å². The first-order chi connectivity index (χ1) is 9.22. The Morgan fingerprint density at radius 3 is 3.05 bits per heavy atom. The zero-order chi connectivity index (χ0) is 13.7. The van der Waals surface area contributed by atoms with Gasteiger partial charge in [0, 0.05) is 31.0 Å². The van der Waals surface area contributed by atoms with Crippen molar-refractivity contribution in [2.75, 3.05) is 18.0 Å². The number of hydrogen-bond acceptors (Lipinski definition) is 3. The molecule has 0 amide bonds. The van der Waals surface area contributed by atoms with Crippen LogP contribution in [0, 0.1) is 5.92 Å². The predicted octanol–water partition coefficient (Wildman–Crippen LogP) is 3.21. The number of hydrogen-bond donors (Lipinski definition) is 1. The number of anilines is 1. The summed E-state index contributed by atoms with van der Waals surface area (Å²) >= 11 is 0. The van der Waals surface area contributed by atoms with Crippen LogP contribution in [0.3, 0.4) is 0 Å². The van der Waals surface area contributed by atoms with E-state index in [4.69, 9.17) is 0 Å². The van der Waals surface area contributed by atoms with Gasteiger partial charge in [-0.3, -0.25) is 4.98 Å². The van der Waals surface area contributed by atoms with Crippen molar-refractivity contribution < 1.29 is 0 Å². The highest BCUT2D eigenvalue weighted by Gasteiger charge is 2.27. The number of nitrogens with one attached hydrogen (secondary N) is 1. The Labute approximate surface area is 117 Å². The highest BCUT2D eigenvalue weighted by molar-refractivity contribution is 5.48. The summed E-state index contributed by atoms with van der Waals surface area (Å²) in [5, 5.41) is 3.42. The first kappa shape index (κ1) is 14.3. The molecule has 1 aliphatic heterocycles. The van der Waals surface area contributed by atoms with E-state index in [0.717, 1.165) is 24.7 Å². The van der Waals surface area contributed by atoms with Crippen LogP contribution in [0.15, 0.2) is 18.3 Å². The van der Waals surface area contributed by atoms with E-state index in [0.29, 0.717) is 6.04 Å². The lowest BCUT2D eigenvalue weighted by atomic mass is 10.0. The molecule has 0 bridgehead atoms. The highest BCUT2D eigenvalue weighted by Crippen LogP contribution is 2.29. The van der Waals surface area contributed by atoms with Crippen LogP contribution in [0.5, 0.6) is 0 Å². The maximum atomic E-state index is 4.46. The molecule has 106 valence electrons. The maximum Gasteiger partial charge on any atom is 0.0562 e. The fraction of sp³-hybridized carbons (Fsp3) is 0.688. The van der Waals surface area contributed by atoms with Crippen molar-refractivity contribution in [3.8, 4) is 0 Å². The molecule has 1 aliphatic rings. The van der Waals surface area contributed by atoms with Crippen LogP contribution >= 0.6 is 0 Å². The summed E-state index contributed by atoms with van der Waals surface area (Å²) in [6.07, 6.45) is 5.76. The Morgan fingerprint density at radius 2 is 2.32 bits per heavy atom. The lowest BCUT2D eigenvalue weighted by molar-refractivity contribution is 0.491. The second-order valence-electron chi connectivity index (χ2n) is 5.83. The Morgan fingerprint density at radius 1 is 1.47 bits per heavy atom. The molecule has 1 atom stereocenters. The Hall–Kier alpha value is -1.09. The van der Waals surface area contributed by atoms with E-state index in [1.54, 1.807) is 0 Å². The molecular weight excluding hydrogens is 234 g/mol. The van der Waals surface area contributed by atoms with E-state index >= 15 is 0 Å². The van der Waals surface area contributed by atoms with Gasteiger partial charge in [-0.15, -0.1) is 0 Å². The average molecular weight is 261 g/mol. The number of nitrogens with zero attached hydrogens (tertiary/aromatic N) is 2. The molecule has 0 aromatic carbocycles. The summed E-state index contributed by atoms with van der Waals surface area (Å²) in [7, 11) is 0. The van der Waals surface area contributed by atoms with Crippen LogP contribution in [0.2, 0.25) is 0 Å². The minimum atomic E-state index is 0.693. The van der Waals surface area contributed by atoms with E-state index in [1.165, 1.54) is 31.5 Å². The van der Waals surface area contributed by atoms with Crippen LogP contribution in [-0.4, -0.2) is 24.1 Å². The molecule has 0 saturated carbocycles. The summed E-state index contributed by atoms with van der Waals surface area (Å²) in [5.74, 6) is 0.720. The molecule has 1 saturated heterocycles. The Bertz CT molecular complexity index is 389. The topological polar surface area (TPSA) is 28.2 Å². The van der Waals surface area contributed by atoms with Gasteiger partial charge in [0.25, 0.3) is 0 Å². The summed E-state index contributed by atoms with van der Waals surface area (Å²) in [6, 6.07) is 5.10. The maximum absolute atomic E-state index is 4.46. The molecule has 1 unspecified atom stereocenters. The first-order valence-corrected chi connectivity index (χ1v) is 7.64. The van der Waals surface area contributed by atoms with Gasteiger partial charge in [0.15, 0.2) is 0 Å². The third kappa shape index (κ3) is 3.69. The van der Waals surface area contributed by atoms with Gasteiger partial charge in [-0.25, -0.2) is 0 Å². The van der Waals surface area contributed by atoms with Crippen molar-refractivity contribution in [3.63, 3.8) is 0 Å². The van der Waals surface area contributed by atoms with E-state index < -0.39 is 0 Å². The quantitative estimate of drug-likeness (QED) is 0.797. The van der Waals surface area contributed by atoms with E-state index in [1.807, 2.05) is 6.20 Å². The van der Waals surface area contributed by atoms with Crippen LogP contribution in [-0.2, 0) is 6.54 Å². The number of aromatic nitrogens is 1. The van der Waals surface area contributed by atoms with Gasteiger partial charge in [-0.05, 0) is 43.9 Å². The fourth-order valence-electron chi connectivity index (χ4n) is 2.94. The van der Waals surface area contributed by atoms with E-state index in [2.05, 4.69) is 48.1 Å². The summed E-state index contributed by atoms with van der Waals surface area (Å²) in [5.41, 5.74) is 2.50. The zero-order valence-electron chi connectivity index (χ0n) is 12.5. The van der Waals surface area contributed by atoms with Crippen molar-refractivity contribution in [1.82, 2.24) is 10.3 Å². The lowest BCUT2D eigenvalue weighted by Crippen LogP contribution is -2.33. The monoisotopic (exact) mass is 261 g/mol. The van der Waals surface area contributed by atoms with Gasteiger partial charge >= 0.3 is 0 Å². The molecule has 1 aromatic heterocycles. The van der Waals surface area contributed by atoms with Crippen molar-refractivity contribution in [2.45, 2.75) is 52.6 Å². The molecule has 1 N–H and O–H groups in total. The van der Waals surface area contributed by atoms with Gasteiger partial charge in [-0.2, -0.15) is 0 Å². The SMILES string of the molecule is CCCNCc1cc(N2CCCC2C(C)C)ccn1. The van der Waals surface area contributed by atoms with Gasteiger partial charge in [-0.1, -0.05) is 20.8 Å². The molecule has 19 heavy (non-hydrogen) atoms. The van der Waals surface area contributed by atoms with Crippen LogP contribution < -0.4 is 10.2 Å². The molecule has 2 heterocycles. The largest absolute Gasteiger partial charge is 0.368 e. The van der Waals surface area contributed by atoms with Crippen LogP contribution in [0.4, 0.5) is 5.69 Å². The predicted molar refractivity (Wildman–Crippen MR) is 81.4 cm³/mol. The zero-order valence-corrected chi connectivity index (χ0v) is 12.5. The van der Waals surface area contributed by atoms with Crippen LogP contribution in [0.25, 0.3) is 0 Å². The van der Waals surface area contributed by atoms with Crippen LogP contribution in [0.1, 0.15) is 45.7 Å². The lowest BCUT2D eigenvalue weighted by Gasteiger charge is -2.29. The highest BCUT2D eigenvalue weighted by atomic mass is 15.2. The summed E-state index contributed by atoms with van der Waals surface area (Å²) < 4.78 is 0. The molecule has 0 aliphatic carbocycles. The van der Waals surface area contributed by atoms with Crippen molar-refractivity contribution >= 4 is 5.69 Å². The van der Waals surface area contributed by atoms with Gasteiger partial charge in [0.1, 0.15) is 0 Å². The minimum absolute atomic E-state index is 0.693. The van der Waals surface area contributed by atoms with Gasteiger partial charge in [0.2, 0.25) is 0 Å². The van der Waals surface area contributed by atoms with Crippen molar-refractivity contribution in [3.05, 3.63) is 24.0 Å². The average Bonchev–Trinajstić information content (AvgIpc) is 2.89. The second-order valence-corrected chi connectivity index (χ2v) is 5.83. The normalized spacial score (nSPS) is 19.4. The van der Waals surface area contributed by atoms with E-state index in [9.17, 15) is 0 Å². The van der Waals surface area contributed by atoms with E-state index in [-0.39, 0.29) is 0 Å². The first-order valence-electron chi connectivity index (χ1n) is 7.64. The third-order valence-electron chi connectivity index (χ3n) is 3.93. The Balaban J connectivity index is 2.05. The number of pyridine rings is 1. The standard InChI is InChI=1S/C16H27N3/c1-4-8-17-12-14-11-15(7-9-18-14)19-10-5-6-16(19)13(2)3/h7,9,11,13,16-17H,4-6,8,10,12H2,1-3H3. The number of rotatable bonds is 6. The minimum Gasteiger partial charge on any atom is -0.368 e. The molecule has 0 radical (unpaired) electrons. The smallest absolute Gasteiger partial charge is 0.0562 e. The molecule has 2 rings (SSSR count). The van der Waals surface area contributed by atoms with Gasteiger partial charge < -0.3 is 10.2 Å².